The van der Waals surface area contributed by atoms with Crippen molar-refractivity contribution in [2.24, 2.45) is 0 Å². The number of amides is 1. The molecule has 5 heteroatoms. The molecular weight excluding hydrogens is 230 g/mol. The first kappa shape index (κ1) is 14.3. The van der Waals surface area contributed by atoms with E-state index in [0.717, 1.165) is 0 Å². The second kappa shape index (κ2) is 5.27. The van der Waals surface area contributed by atoms with E-state index in [9.17, 15) is 9.90 Å². The van der Waals surface area contributed by atoms with Crippen molar-refractivity contribution >= 4 is 17.3 Å². The molecule has 1 unspecified atom stereocenters. The number of nitrogens with two attached hydrogens (primary N) is 1. The van der Waals surface area contributed by atoms with Gasteiger partial charge in [0.2, 0.25) is 0 Å². The van der Waals surface area contributed by atoms with Gasteiger partial charge < -0.3 is 21.5 Å². The van der Waals surface area contributed by atoms with Crippen LogP contribution in [0.25, 0.3) is 0 Å². The maximum absolute atomic E-state index is 11.4. The first-order valence-corrected chi connectivity index (χ1v) is 5.86. The van der Waals surface area contributed by atoms with Crippen LogP contribution in [0.1, 0.15) is 31.1 Å². The topological polar surface area (TPSA) is 87.4 Å². The van der Waals surface area contributed by atoms with E-state index < -0.39 is 11.6 Å². The third-order valence-electron chi connectivity index (χ3n) is 3.04. The van der Waals surface area contributed by atoms with Gasteiger partial charge in [-0.1, -0.05) is 0 Å². The standard InChI is InChI=1S/C13H21N3O2/c1-8(17)13(2,3)16-11-6-5-9(7-10(11)14)12(18)15-4/h5-8,16-17H,14H2,1-4H3,(H,15,18). The van der Waals surface area contributed by atoms with Crippen molar-refractivity contribution in [2.45, 2.75) is 32.4 Å². The van der Waals surface area contributed by atoms with Crippen LogP contribution in [0, 0.1) is 0 Å². The van der Waals surface area contributed by atoms with E-state index in [1.54, 1.807) is 32.2 Å². The molecule has 18 heavy (non-hydrogen) atoms. The van der Waals surface area contributed by atoms with Crippen LogP contribution in [0.4, 0.5) is 11.4 Å². The Morgan fingerprint density at radius 2 is 2.06 bits per heavy atom. The highest BCUT2D eigenvalue weighted by Gasteiger charge is 2.24. The number of aliphatic hydroxyl groups excluding tert-OH is 1. The van der Waals surface area contributed by atoms with Crippen LogP contribution in [0.2, 0.25) is 0 Å². The molecule has 0 heterocycles. The zero-order chi connectivity index (χ0) is 13.9. The van der Waals surface area contributed by atoms with Crippen LogP contribution in [0.3, 0.4) is 0 Å². The fourth-order valence-electron chi connectivity index (χ4n) is 1.41. The average molecular weight is 251 g/mol. The highest BCUT2D eigenvalue weighted by molar-refractivity contribution is 5.95. The van der Waals surface area contributed by atoms with Crippen LogP contribution in [-0.4, -0.2) is 29.7 Å². The van der Waals surface area contributed by atoms with Gasteiger partial charge in [0.1, 0.15) is 0 Å². The number of nitrogen functional groups attached to an aromatic ring is 1. The fourth-order valence-corrected chi connectivity index (χ4v) is 1.41. The Hall–Kier alpha value is -1.75. The third kappa shape index (κ3) is 3.13. The molecule has 1 aromatic rings. The Kier molecular flexibility index (Phi) is 4.19. The van der Waals surface area contributed by atoms with Gasteiger partial charge >= 0.3 is 0 Å². The van der Waals surface area contributed by atoms with Gasteiger partial charge in [-0.15, -0.1) is 0 Å². The molecule has 1 rings (SSSR count). The molecule has 1 amide bonds. The number of hydrogen-bond donors (Lipinski definition) is 4. The van der Waals surface area contributed by atoms with Gasteiger partial charge in [0.25, 0.3) is 5.91 Å². The van der Waals surface area contributed by atoms with E-state index in [1.165, 1.54) is 0 Å². The summed E-state index contributed by atoms with van der Waals surface area (Å²) < 4.78 is 0. The van der Waals surface area contributed by atoms with Gasteiger partial charge in [0, 0.05) is 12.6 Å². The number of anilines is 2. The molecule has 1 atom stereocenters. The predicted octanol–water partition coefficient (Wildman–Crippen LogP) is 1.20. The van der Waals surface area contributed by atoms with E-state index in [2.05, 4.69) is 10.6 Å². The van der Waals surface area contributed by atoms with E-state index in [-0.39, 0.29) is 5.91 Å². The molecule has 0 aliphatic carbocycles. The average Bonchev–Trinajstić information content (AvgIpc) is 2.30. The number of aliphatic hydroxyl groups is 1. The molecule has 0 saturated heterocycles. The first-order valence-electron chi connectivity index (χ1n) is 5.86. The van der Waals surface area contributed by atoms with Gasteiger partial charge in [0.15, 0.2) is 0 Å². The number of carbonyl (C=O) groups excluding carboxylic acids is 1. The molecule has 5 N–H and O–H groups in total. The third-order valence-corrected chi connectivity index (χ3v) is 3.04. The molecule has 5 nitrogen and oxygen atoms in total. The number of carbonyl (C=O) groups is 1. The zero-order valence-corrected chi connectivity index (χ0v) is 11.2. The highest BCUT2D eigenvalue weighted by atomic mass is 16.3. The quantitative estimate of drug-likeness (QED) is 0.606. The summed E-state index contributed by atoms with van der Waals surface area (Å²) in [5, 5.41) is 15.3. The van der Waals surface area contributed by atoms with Gasteiger partial charge in [-0.3, -0.25) is 4.79 Å². The summed E-state index contributed by atoms with van der Waals surface area (Å²) in [5.74, 6) is -0.178. The molecule has 0 radical (unpaired) electrons. The second-order valence-corrected chi connectivity index (χ2v) is 4.90. The second-order valence-electron chi connectivity index (χ2n) is 4.90. The maximum Gasteiger partial charge on any atom is 0.251 e. The lowest BCUT2D eigenvalue weighted by atomic mass is 9.98. The normalized spacial score (nSPS) is 12.9. The van der Waals surface area contributed by atoms with Gasteiger partial charge in [-0.05, 0) is 39.0 Å². The minimum Gasteiger partial charge on any atom is -0.397 e. The van der Waals surface area contributed by atoms with Crippen LogP contribution in [0.5, 0.6) is 0 Å². The van der Waals surface area contributed by atoms with Crippen molar-refractivity contribution in [3.63, 3.8) is 0 Å². The Labute approximate surface area is 107 Å². The van der Waals surface area contributed by atoms with Crippen LogP contribution in [0.15, 0.2) is 18.2 Å². The van der Waals surface area contributed by atoms with Crippen molar-refractivity contribution in [1.82, 2.24) is 5.32 Å². The van der Waals surface area contributed by atoms with Gasteiger partial charge in [0.05, 0.1) is 23.0 Å². The summed E-state index contributed by atoms with van der Waals surface area (Å²) in [6.07, 6.45) is -0.532. The SMILES string of the molecule is CNC(=O)c1ccc(NC(C)(C)C(C)O)c(N)c1. The lowest BCUT2D eigenvalue weighted by Gasteiger charge is -2.31. The molecule has 0 aromatic heterocycles. The summed E-state index contributed by atoms with van der Waals surface area (Å²) >= 11 is 0. The predicted molar refractivity (Wildman–Crippen MR) is 73.6 cm³/mol. The Bertz CT molecular complexity index is 442. The molecule has 100 valence electrons. The molecule has 0 bridgehead atoms. The number of benzene rings is 1. The van der Waals surface area contributed by atoms with Crippen molar-refractivity contribution in [3.8, 4) is 0 Å². The minimum atomic E-state index is -0.532. The first-order chi connectivity index (χ1) is 8.27. The van der Waals surface area contributed by atoms with Crippen LogP contribution in [-0.2, 0) is 0 Å². The number of hydrogen-bond acceptors (Lipinski definition) is 4. The van der Waals surface area contributed by atoms with Crippen LogP contribution >= 0.6 is 0 Å². The zero-order valence-electron chi connectivity index (χ0n) is 11.2. The van der Waals surface area contributed by atoms with Gasteiger partial charge in [-0.2, -0.15) is 0 Å². The van der Waals surface area contributed by atoms with Crippen molar-refractivity contribution < 1.29 is 9.90 Å². The largest absolute Gasteiger partial charge is 0.397 e. The Morgan fingerprint density at radius 1 is 1.44 bits per heavy atom. The Balaban J connectivity index is 2.97. The van der Waals surface area contributed by atoms with E-state index in [4.69, 9.17) is 5.73 Å². The van der Waals surface area contributed by atoms with Crippen molar-refractivity contribution in [1.29, 1.82) is 0 Å². The summed E-state index contributed by atoms with van der Waals surface area (Å²) in [6, 6.07) is 5.04. The van der Waals surface area contributed by atoms with Crippen LogP contribution < -0.4 is 16.4 Å². The molecule has 1 aromatic carbocycles. The lowest BCUT2D eigenvalue weighted by Crippen LogP contribution is -2.42. The summed E-state index contributed by atoms with van der Waals surface area (Å²) in [6.45, 7) is 5.47. The number of nitrogens with one attached hydrogen (secondary N) is 2. The summed E-state index contributed by atoms with van der Waals surface area (Å²) in [4.78, 5) is 11.4. The summed E-state index contributed by atoms with van der Waals surface area (Å²) in [7, 11) is 1.57. The molecule has 0 aliphatic rings. The van der Waals surface area contributed by atoms with E-state index >= 15 is 0 Å². The maximum atomic E-state index is 11.4. The molecule has 0 saturated carbocycles. The van der Waals surface area contributed by atoms with Gasteiger partial charge in [-0.25, -0.2) is 0 Å². The summed E-state index contributed by atoms with van der Waals surface area (Å²) in [5.41, 5.74) is 7.09. The van der Waals surface area contributed by atoms with E-state index in [0.29, 0.717) is 16.9 Å². The monoisotopic (exact) mass is 251 g/mol. The smallest absolute Gasteiger partial charge is 0.251 e. The molecule has 0 aliphatic heterocycles. The molecule has 0 fully saturated rings. The highest BCUT2D eigenvalue weighted by Crippen LogP contribution is 2.25. The number of rotatable bonds is 4. The van der Waals surface area contributed by atoms with Crippen molar-refractivity contribution in [2.75, 3.05) is 18.1 Å². The lowest BCUT2D eigenvalue weighted by molar-refractivity contribution is 0.0963. The molecular formula is C13H21N3O2. The Morgan fingerprint density at radius 3 is 2.50 bits per heavy atom. The van der Waals surface area contributed by atoms with E-state index in [1.807, 2.05) is 13.8 Å². The minimum absolute atomic E-state index is 0.178. The molecule has 0 spiro atoms. The van der Waals surface area contributed by atoms with Crippen molar-refractivity contribution in [3.05, 3.63) is 23.8 Å². The fraction of sp³-hybridized carbons (Fsp3) is 0.462.